The van der Waals surface area contributed by atoms with Gasteiger partial charge >= 0.3 is 0 Å². The number of methoxy groups -OCH3 is 1. The Kier molecular flexibility index (Phi) is 1.98. The summed E-state index contributed by atoms with van der Waals surface area (Å²) < 4.78 is 7.32. The van der Waals surface area contributed by atoms with Gasteiger partial charge in [-0.2, -0.15) is 0 Å². The first-order valence-electron chi connectivity index (χ1n) is 5.39. The van der Waals surface area contributed by atoms with Gasteiger partial charge < -0.3 is 15.0 Å². The number of anilines is 1. The summed E-state index contributed by atoms with van der Waals surface area (Å²) in [5, 5.41) is 2.24. The minimum Gasteiger partial charge on any atom is -0.497 e. The summed E-state index contributed by atoms with van der Waals surface area (Å²) in [6.45, 7) is 0. The fourth-order valence-corrected chi connectivity index (χ4v) is 2.31. The molecule has 0 saturated carbocycles. The first-order chi connectivity index (χ1) is 8.22. The Bertz CT molecular complexity index is 715. The maximum atomic E-state index is 5.93. The van der Waals surface area contributed by atoms with E-state index in [1.807, 2.05) is 31.3 Å². The van der Waals surface area contributed by atoms with Crippen LogP contribution in [-0.2, 0) is 7.05 Å². The highest BCUT2D eigenvalue weighted by molar-refractivity contribution is 6.11. The number of benzene rings is 1. The highest BCUT2D eigenvalue weighted by Gasteiger charge is 2.11. The van der Waals surface area contributed by atoms with Crippen molar-refractivity contribution < 1.29 is 4.74 Å². The van der Waals surface area contributed by atoms with Gasteiger partial charge in [0.2, 0.25) is 0 Å². The molecule has 1 aromatic carbocycles. The zero-order valence-corrected chi connectivity index (χ0v) is 9.77. The third kappa shape index (κ3) is 1.27. The van der Waals surface area contributed by atoms with Crippen LogP contribution < -0.4 is 10.5 Å². The average molecular weight is 227 g/mol. The lowest BCUT2D eigenvalue weighted by Crippen LogP contribution is -1.95. The topological polar surface area (TPSA) is 53.1 Å². The van der Waals surface area contributed by atoms with Gasteiger partial charge in [-0.05, 0) is 24.3 Å². The molecule has 3 rings (SSSR count). The van der Waals surface area contributed by atoms with Crippen molar-refractivity contribution in [1.29, 1.82) is 0 Å². The maximum absolute atomic E-state index is 5.93. The van der Waals surface area contributed by atoms with E-state index in [0.29, 0.717) is 5.82 Å². The average Bonchev–Trinajstić information content (AvgIpc) is 2.64. The number of fused-ring (bicyclic) bond motifs is 3. The fraction of sp³-hybridized carbons (Fsp3) is 0.154. The Labute approximate surface area is 98.6 Å². The number of hydrogen-bond donors (Lipinski definition) is 1. The molecule has 0 unspecified atom stereocenters. The van der Waals surface area contributed by atoms with Crippen molar-refractivity contribution in [1.82, 2.24) is 9.55 Å². The molecule has 0 spiro atoms. The minimum atomic E-state index is 0.556. The van der Waals surface area contributed by atoms with Gasteiger partial charge in [-0.15, -0.1) is 0 Å². The van der Waals surface area contributed by atoms with Crippen LogP contribution >= 0.6 is 0 Å². The lowest BCUT2D eigenvalue weighted by atomic mass is 10.2. The first-order valence-corrected chi connectivity index (χ1v) is 5.39. The van der Waals surface area contributed by atoms with Gasteiger partial charge in [0.15, 0.2) is 0 Å². The van der Waals surface area contributed by atoms with Gasteiger partial charge in [0.25, 0.3) is 0 Å². The summed E-state index contributed by atoms with van der Waals surface area (Å²) in [5.41, 5.74) is 8.02. The molecule has 0 aliphatic heterocycles. The zero-order valence-electron chi connectivity index (χ0n) is 9.77. The summed E-state index contributed by atoms with van der Waals surface area (Å²) in [6, 6.07) is 7.99. The molecule has 3 aromatic rings. The summed E-state index contributed by atoms with van der Waals surface area (Å²) in [5.74, 6) is 1.40. The number of aromatic nitrogens is 2. The van der Waals surface area contributed by atoms with Crippen LogP contribution in [0.5, 0.6) is 5.75 Å². The van der Waals surface area contributed by atoms with Crippen LogP contribution in [0.2, 0.25) is 0 Å². The molecule has 0 bridgehead atoms. The standard InChI is InChI=1S/C13H13N3O/c1-16-11-4-3-8(17-2)7-10(11)9-5-6-15-13(14)12(9)16/h3-7H,1-2H3,(H2,14,15). The molecule has 0 fully saturated rings. The van der Waals surface area contributed by atoms with Crippen LogP contribution in [0, 0.1) is 0 Å². The molecular weight excluding hydrogens is 214 g/mol. The number of rotatable bonds is 1. The van der Waals surface area contributed by atoms with Gasteiger partial charge in [-0.3, -0.25) is 0 Å². The van der Waals surface area contributed by atoms with E-state index in [2.05, 4.69) is 9.55 Å². The highest BCUT2D eigenvalue weighted by Crippen LogP contribution is 2.32. The van der Waals surface area contributed by atoms with Crippen molar-refractivity contribution in [2.45, 2.75) is 0 Å². The highest BCUT2D eigenvalue weighted by atomic mass is 16.5. The van der Waals surface area contributed by atoms with Crippen molar-refractivity contribution in [2.75, 3.05) is 12.8 Å². The van der Waals surface area contributed by atoms with Crippen LogP contribution in [0.4, 0.5) is 5.82 Å². The fourth-order valence-electron chi connectivity index (χ4n) is 2.31. The largest absolute Gasteiger partial charge is 0.497 e. The molecule has 0 radical (unpaired) electrons. The van der Waals surface area contributed by atoms with Crippen LogP contribution in [0.1, 0.15) is 0 Å². The van der Waals surface area contributed by atoms with E-state index in [-0.39, 0.29) is 0 Å². The van der Waals surface area contributed by atoms with Crippen LogP contribution in [0.15, 0.2) is 30.5 Å². The Morgan fingerprint density at radius 1 is 1.24 bits per heavy atom. The van der Waals surface area contributed by atoms with Crippen LogP contribution in [0.3, 0.4) is 0 Å². The normalized spacial score (nSPS) is 11.2. The van der Waals surface area contributed by atoms with Crippen molar-refractivity contribution in [3.8, 4) is 5.75 Å². The quantitative estimate of drug-likeness (QED) is 0.694. The van der Waals surface area contributed by atoms with E-state index in [0.717, 1.165) is 27.6 Å². The second-order valence-corrected chi connectivity index (χ2v) is 4.03. The number of ether oxygens (including phenoxy) is 1. The molecule has 17 heavy (non-hydrogen) atoms. The van der Waals surface area contributed by atoms with Crippen molar-refractivity contribution >= 4 is 27.6 Å². The molecule has 2 heterocycles. The van der Waals surface area contributed by atoms with E-state index in [1.165, 1.54) is 0 Å². The van der Waals surface area contributed by atoms with E-state index in [1.54, 1.807) is 13.3 Å². The van der Waals surface area contributed by atoms with Crippen molar-refractivity contribution in [2.24, 2.45) is 7.05 Å². The van der Waals surface area contributed by atoms with Gasteiger partial charge in [-0.25, -0.2) is 4.98 Å². The number of hydrogen-bond acceptors (Lipinski definition) is 3. The van der Waals surface area contributed by atoms with E-state index in [9.17, 15) is 0 Å². The molecular formula is C13H13N3O. The van der Waals surface area contributed by atoms with E-state index >= 15 is 0 Å². The summed E-state index contributed by atoms with van der Waals surface area (Å²) in [4.78, 5) is 4.13. The maximum Gasteiger partial charge on any atom is 0.147 e. The number of aryl methyl sites for hydroxylation is 1. The third-order valence-electron chi connectivity index (χ3n) is 3.14. The lowest BCUT2D eigenvalue weighted by molar-refractivity contribution is 0.415. The second-order valence-electron chi connectivity index (χ2n) is 4.03. The summed E-state index contributed by atoms with van der Waals surface area (Å²) in [7, 11) is 3.66. The number of pyridine rings is 1. The Balaban J connectivity index is 2.55. The monoisotopic (exact) mass is 227 g/mol. The Morgan fingerprint density at radius 2 is 2.06 bits per heavy atom. The van der Waals surface area contributed by atoms with Gasteiger partial charge in [0, 0.05) is 29.5 Å². The van der Waals surface area contributed by atoms with Crippen molar-refractivity contribution in [3.63, 3.8) is 0 Å². The SMILES string of the molecule is COc1ccc2c(c1)c1ccnc(N)c1n2C. The lowest BCUT2D eigenvalue weighted by Gasteiger charge is -2.00. The molecule has 2 N–H and O–H groups in total. The first kappa shape index (κ1) is 9.96. The molecule has 4 nitrogen and oxygen atoms in total. The van der Waals surface area contributed by atoms with Crippen LogP contribution in [-0.4, -0.2) is 16.7 Å². The van der Waals surface area contributed by atoms with Gasteiger partial charge in [0.1, 0.15) is 11.6 Å². The summed E-state index contributed by atoms with van der Waals surface area (Å²) in [6.07, 6.45) is 1.73. The molecule has 0 aliphatic carbocycles. The molecule has 86 valence electrons. The number of nitrogen functional groups attached to an aromatic ring is 1. The van der Waals surface area contributed by atoms with Gasteiger partial charge in [0.05, 0.1) is 12.6 Å². The molecule has 0 amide bonds. The van der Waals surface area contributed by atoms with E-state index < -0.39 is 0 Å². The molecule has 4 heteroatoms. The molecule has 0 saturated heterocycles. The van der Waals surface area contributed by atoms with Gasteiger partial charge in [-0.1, -0.05) is 0 Å². The summed E-state index contributed by atoms with van der Waals surface area (Å²) >= 11 is 0. The Hall–Kier alpha value is -2.23. The van der Waals surface area contributed by atoms with E-state index in [4.69, 9.17) is 10.5 Å². The number of nitrogens with zero attached hydrogens (tertiary/aromatic N) is 2. The Morgan fingerprint density at radius 3 is 2.82 bits per heavy atom. The molecule has 2 aromatic heterocycles. The smallest absolute Gasteiger partial charge is 0.147 e. The minimum absolute atomic E-state index is 0.556. The molecule has 0 aliphatic rings. The zero-order chi connectivity index (χ0) is 12.0. The predicted octanol–water partition coefficient (Wildman–Crippen LogP) is 2.32. The van der Waals surface area contributed by atoms with Crippen LogP contribution in [0.25, 0.3) is 21.8 Å². The number of nitrogens with two attached hydrogens (primary N) is 1. The second kappa shape index (κ2) is 3.38. The third-order valence-corrected chi connectivity index (χ3v) is 3.14. The van der Waals surface area contributed by atoms with Crippen molar-refractivity contribution in [3.05, 3.63) is 30.5 Å². The predicted molar refractivity (Wildman–Crippen MR) is 69.2 cm³/mol. The molecule has 0 atom stereocenters.